The molecule has 0 atom stereocenters. The lowest BCUT2D eigenvalue weighted by Gasteiger charge is -2.12. The van der Waals surface area contributed by atoms with Gasteiger partial charge in [0.05, 0.1) is 18.9 Å². The highest BCUT2D eigenvalue weighted by Crippen LogP contribution is 2.26. The fourth-order valence-corrected chi connectivity index (χ4v) is 3.28. The van der Waals surface area contributed by atoms with Gasteiger partial charge in [0.2, 0.25) is 0 Å². The smallest absolute Gasteiger partial charge is 0.255 e. The number of anilines is 1. The molecule has 4 aromatic rings. The van der Waals surface area contributed by atoms with Crippen molar-refractivity contribution in [3.05, 3.63) is 71.8 Å². The summed E-state index contributed by atoms with van der Waals surface area (Å²) in [6, 6.07) is 18.7. The standard InChI is InChI=1S/C24H24N4O3/c1-4-30-19-12-17(13-20(14-19)31-5-2)24(29)25-21-15-23-22(11-16(21)3)26-28(27-23)18-9-7-6-8-10-18/h6-15H,4-5H2,1-3H3,(H,25,29). The van der Waals surface area contributed by atoms with E-state index in [4.69, 9.17) is 9.47 Å². The number of aryl methyl sites for hydroxylation is 1. The van der Waals surface area contributed by atoms with Gasteiger partial charge in [-0.3, -0.25) is 4.79 Å². The summed E-state index contributed by atoms with van der Waals surface area (Å²) in [5, 5.41) is 12.1. The number of para-hydroxylation sites is 1. The number of ether oxygens (including phenoxy) is 2. The van der Waals surface area contributed by atoms with Crippen molar-refractivity contribution in [1.82, 2.24) is 15.0 Å². The number of hydrogen-bond acceptors (Lipinski definition) is 5. The average molecular weight is 416 g/mol. The van der Waals surface area contributed by atoms with Crippen LogP contribution in [0.4, 0.5) is 5.69 Å². The molecule has 0 aliphatic rings. The number of rotatable bonds is 7. The van der Waals surface area contributed by atoms with Crippen LogP contribution in [-0.4, -0.2) is 34.1 Å². The number of carbonyl (C=O) groups is 1. The van der Waals surface area contributed by atoms with Gasteiger partial charge in [0.25, 0.3) is 5.91 Å². The Bertz CT molecular complexity index is 1190. The highest BCUT2D eigenvalue weighted by Gasteiger charge is 2.14. The van der Waals surface area contributed by atoms with E-state index < -0.39 is 0 Å². The Labute approximate surface area is 180 Å². The predicted molar refractivity (Wildman–Crippen MR) is 120 cm³/mol. The first-order valence-corrected chi connectivity index (χ1v) is 10.2. The maximum absolute atomic E-state index is 13.0. The van der Waals surface area contributed by atoms with Crippen molar-refractivity contribution in [2.75, 3.05) is 18.5 Å². The molecule has 1 N–H and O–H groups in total. The van der Waals surface area contributed by atoms with E-state index in [2.05, 4.69) is 15.5 Å². The summed E-state index contributed by atoms with van der Waals surface area (Å²) in [5.74, 6) is 0.938. The van der Waals surface area contributed by atoms with E-state index >= 15 is 0 Å². The van der Waals surface area contributed by atoms with Crippen molar-refractivity contribution >= 4 is 22.6 Å². The number of amides is 1. The normalized spacial score (nSPS) is 10.8. The second-order valence-electron chi connectivity index (χ2n) is 6.99. The van der Waals surface area contributed by atoms with Crippen molar-refractivity contribution in [2.24, 2.45) is 0 Å². The molecule has 3 aromatic carbocycles. The number of nitrogens with zero attached hydrogens (tertiary/aromatic N) is 3. The van der Waals surface area contributed by atoms with Crippen molar-refractivity contribution in [3.63, 3.8) is 0 Å². The number of nitrogens with one attached hydrogen (secondary N) is 1. The monoisotopic (exact) mass is 416 g/mol. The molecule has 0 saturated carbocycles. The van der Waals surface area contributed by atoms with Crippen molar-refractivity contribution in [1.29, 1.82) is 0 Å². The highest BCUT2D eigenvalue weighted by atomic mass is 16.5. The molecular weight excluding hydrogens is 392 g/mol. The molecule has 0 fully saturated rings. The van der Waals surface area contributed by atoms with E-state index in [0.717, 1.165) is 16.8 Å². The molecule has 1 aromatic heterocycles. The summed E-state index contributed by atoms with van der Waals surface area (Å²) in [6.45, 7) is 6.73. The Morgan fingerprint density at radius 1 is 0.903 bits per heavy atom. The number of benzene rings is 3. The largest absolute Gasteiger partial charge is 0.494 e. The van der Waals surface area contributed by atoms with E-state index in [-0.39, 0.29) is 5.91 Å². The second-order valence-corrected chi connectivity index (χ2v) is 6.99. The minimum atomic E-state index is -0.250. The average Bonchev–Trinajstić information content (AvgIpc) is 3.17. The van der Waals surface area contributed by atoms with Crippen LogP contribution in [0.25, 0.3) is 16.7 Å². The van der Waals surface area contributed by atoms with Crippen LogP contribution in [0.5, 0.6) is 11.5 Å². The van der Waals surface area contributed by atoms with Gasteiger partial charge in [0.15, 0.2) is 0 Å². The van der Waals surface area contributed by atoms with Crippen LogP contribution >= 0.6 is 0 Å². The zero-order valence-electron chi connectivity index (χ0n) is 17.8. The van der Waals surface area contributed by atoms with Crippen LogP contribution in [0.3, 0.4) is 0 Å². The lowest BCUT2D eigenvalue weighted by molar-refractivity contribution is 0.102. The molecule has 7 heteroatoms. The Morgan fingerprint density at radius 3 is 2.13 bits per heavy atom. The van der Waals surface area contributed by atoms with Crippen molar-refractivity contribution in [3.8, 4) is 17.2 Å². The van der Waals surface area contributed by atoms with Gasteiger partial charge in [-0.25, -0.2) is 0 Å². The second kappa shape index (κ2) is 8.87. The number of carbonyl (C=O) groups excluding carboxylic acids is 1. The lowest BCUT2D eigenvalue weighted by Crippen LogP contribution is -2.13. The Hall–Kier alpha value is -3.87. The third-order valence-electron chi connectivity index (χ3n) is 4.73. The van der Waals surface area contributed by atoms with Crippen LogP contribution in [0.2, 0.25) is 0 Å². The fraction of sp³-hybridized carbons (Fsp3) is 0.208. The molecule has 158 valence electrons. The molecule has 0 radical (unpaired) electrons. The molecule has 0 saturated heterocycles. The van der Waals surface area contributed by atoms with Gasteiger partial charge in [-0.2, -0.15) is 4.80 Å². The first kappa shape index (κ1) is 20.4. The van der Waals surface area contributed by atoms with E-state index in [9.17, 15) is 4.79 Å². The minimum absolute atomic E-state index is 0.250. The zero-order chi connectivity index (χ0) is 21.8. The topological polar surface area (TPSA) is 78.3 Å². The van der Waals surface area contributed by atoms with Crippen molar-refractivity contribution < 1.29 is 14.3 Å². The summed E-state index contributed by atoms with van der Waals surface area (Å²) in [4.78, 5) is 14.6. The third-order valence-corrected chi connectivity index (χ3v) is 4.73. The number of fused-ring (bicyclic) bond motifs is 1. The van der Waals surface area contributed by atoms with Crippen molar-refractivity contribution in [2.45, 2.75) is 20.8 Å². The molecule has 0 aliphatic carbocycles. The van der Waals surface area contributed by atoms with Crippen LogP contribution < -0.4 is 14.8 Å². The molecule has 0 aliphatic heterocycles. The van der Waals surface area contributed by atoms with E-state index in [1.165, 1.54) is 0 Å². The summed E-state index contributed by atoms with van der Waals surface area (Å²) in [7, 11) is 0. The molecule has 4 rings (SSSR count). The minimum Gasteiger partial charge on any atom is -0.494 e. The van der Waals surface area contributed by atoms with E-state index in [1.807, 2.05) is 63.2 Å². The van der Waals surface area contributed by atoms with Gasteiger partial charge in [-0.15, -0.1) is 10.2 Å². The van der Waals surface area contributed by atoms with E-state index in [0.29, 0.717) is 41.5 Å². The molecule has 0 unspecified atom stereocenters. The fourth-order valence-electron chi connectivity index (χ4n) is 3.28. The highest BCUT2D eigenvalue weighted by molar-refractivity contribution is 6.06. The molecular formula is C24H24N4O3. The molecule has 1 amide bonds. The number of aromatic nitrogens is 3. The van der Waals surface area contributed by atoms with Crippen LogP contribution in [0.15, 0.2) is 60.7 Å². The SMILES string of the molecule is CCOc1cc(OCC)cc(C(=O)Nc2cc3nn(-c4ccccc4)nc3cc2C)c1. The molecule has 1 heterocycles. The summed E-state index contributed by atoms with van der Waals surface area (Å²) < 4.78 is 11.2. The van der Waals surface area contributed by atoms with Gasteiger partial charge in [0, 0.05) is 17.3 Å². The predicted octanol–water partition coefficient (Wildman–Crippen LogP) is 4.78. The van der Waals surface area contributed by atoms with E-state index in [1.54, 1.807) is 23.0 Å². The van der Waals surface area contributed by atoms with Crippen LogP contribution in [-0.2, 0) is 0 Å². The maximum atomic E-state index is 13.0. The lowest BCUT2D eigenvalue weighted by atomic mass is 10.1. The van der Waals surface area contributed by atoms with Gasteiger partial charge >= 0.3 is 0 Å². The Kier molecular flexibility index (Phi) is 5.84. The molecule has 31 heavy (non-hydrogen) atoms. The molecule has 7 nitrogen and oxygen atoms in total. The molecule has 0 bridgehead atoms. The summed E-state index contributed by atoms with van der Waals surface area (Å²) >= 11 is 0. The Balaban J connectivity index is 1.63. The van der Waals surface area contributed by atoms with Gasteiger partial charge in [-0.05, 0) is 62.7 Å². The number of hydrogen-bond donors (Lipinski definition) is 1. The quantitative estimate of drug-likeness (QED) is 0.469. The van der Waals surface area contributed by atoms with Gasteiger partial charge < -0.3 is 14.8 Å². The van der Waals surface area contributed by atoms with Crippen LogP contribution in [0, 0.1) is 6.92 Å². The van der Waals surface area contributed by atoms with Crippen LogP contribution in [0.1, 0.15) is 29.8 Å². The first-order chi connectivity index (χ1) is 15.1. The zero-order valence-corrected chi connectivity index (χ0v) is 17.8. The Morgan fingerprint density at radius 2 is 1.52 bits per heavy atom. The summed E-state index contributed by atoms with van der Waals surface area (Å²) in [6.07, 6.45) is 0. The molecule has 0 spiro atoms. The maximum Gasteiger partial charge on any atom is 0.255 e. The third kappa shape index (κ3) is 4.50. The van der Waals surface area contributed by atoms with Gasteiger partial charge in [0.1, 0.15) is 22.5 Å². The summed E-state index contributed by atoms with van der Waals surface area (Å²) in [5.41, 5.74) is 4.36. The van der Waals surface area contributed by atoms with Gasteiger partial charge in [-0.1, -0.05) is 18.2 Å². The first-order valence-electron chi connectivity index (χ1n) is 10.2.